The molecule has 0 radical (unpaired) electrons. The molecule has 37 heavy (non-hydrogen) atoms. The van der Waals surface area contributed by atoms with Gasteiger partial charge in [0.2, 0.25) is 0 Å². The zero-order valence-corrected chi connectivity index (χ0v) is 25.9. The fourth-order valence-corrected chi connectivity index (χ4v) is 5.09. The number of benzene rings is 2. The molecule has 0 aliphatic carbocycles. The van der Waals surface area contributed by atoms with Crippen molar-refractivity contribution < 1.29 is 9.76 Å². The first-order valence-corrected chi connectivity index (χ1v) is 14.4. The van der Waals surface area contributed by atoms with Gasteiger partial charge in [-0.25, -0.2) is 0 Å². The molecule has 2 rings (SSSR count). The van der Waals surface area contributed by atoms with Crippen LogP contribution in [-0.2, 0) is 10.1 Å². The van der Waals surface area contributed by atoms with E-state index in [0.717, 1.165) is 25.7 Å². The number of aliphatic hydroxyl groups is 1. The minimum atomic E-state index is -0.732. The molecule has 0 aromatic heterocycles. The molecule has 0 bridgehead atoms. The fraction of sp³-hybridized carbons (Fsp3) is 0.576. The van der Waals surface area contributed by atoms with E-state index in [4.69, 9.17) is 4.65 Å². The lowest BCUT2D eigenvalue weighted by Crippen LogP contribution is -2.41. The minimum absolute atomic E-state index is 0.0415. The van der Waals surface area contributed by atoms with Gasteiger partial charge in [0.1, 0.15) is 7.85 Å². The highest BCUT2D eigenvalue weighted by molar-refractivity contribution is 6.48. The zero-order valence-electron chi connectivity index (χ0n) is 25.9. The van der Waals surface area contributed by atoms with Crippen LogP contribution in [0.4, 0.5) is 0 Å². The molecule has 2 nitrogen and oxygen atoms in total. The summed E-state index contributed by atoms with van der Waals surface area (Å²) in [6, 6.07) is 11.7. The molecule has 2 aromatic rings. The predicted octanol–water partition coefficient (Wildman–Crippen LogP) is 6.89. The van der Waals surface area contributed by atoms with Crippen LogP contribution in [0.15, 0.2) is 36.4 Å². The Morgan fingerprint density at radius 2 is 1.32 bits per heavy atom. The van der Waals surface area contributed by atoms with Crippen molar-refractivity contribution in [2.75, 3.05) is 0 Å². The summed E-state index contributed by atoms with van der Waals surface area (Å²) in [5.74, 6) is 0. The molecule has 1 N–H and O–H groups in total. The average molecular weight is 502 g/mol. The van der Waals surface area contributed by atoms with Gasteiger partial charge in [-0.3, -0.25) is 0 Å². The van der Waals surface area contributed by atoms with E-state index in [0.29, 0.717) is 7.48 Å². The molecule has 2 aromatic carbocycles. The van der Waals surface area contributed by atoms with Crippen LogP contribution in [0.25, 0.3) is 6.08 Å². The van der Waals surface area contributed by atoms with Gasteiger partial charge in [-0.1, -0.05) is 95.2 Å². The van der Waals surface area contributed by atoms with Crippen molar-refractivity contribution in [2.24, 2.45) is 0 Å². The molecule has 0 aliphatic heterocycles. The molecule has 0 amide bonds. The Bertz CT molecular complexity index is 1060. The Labute approximate surface area is 230 Å². The van der Waals surface area contributed by atoms with Crippen molar-refractivity contribution in [2.45, 2.75) is 124 Å². The van der Waals surface area contributed by atoms with E-state index in [9.17, 15) is 5.11 Å². The largest absolute Gasteiger partial charge is 0.430 e. The molecule has 0 saturated heterocycles. The fourth-order valence-electron chi connectivity index (χ4n) is 5.09. The predicted molar refractivity (Wildman–Crippen MR) is 168 cm³/mol. The second-order valence-electron chi connectivity index (χ2n) is 12.6. The first-order chi connectivity index (χ1) is 17.1. The van der Waals surface area contributed by atoms with E-state index < -0.39 is 5.60 Å². The number of hydrogen-bond acceptors (Lipinski definition) is 2. The Morgan fingerprint density at radius 1 is 0.811 bits per heavy atom. The summed E-state index contributed by atoms with van der Waals surface area (Å²) in [6.45, 7) is 24.2. The van der Waals surface area contributed by atoms with Crippen molar-refractivity contribution in [3.8, 4) is 0 Å². The van der Waals surface area contributed by atoms with Crippen molar-refractivity contribution in [3.05, 3.63) is 69.8 Å². The highest BCUT2D eigenvalue weighted by Gasteiger charge is 2.35. The van der Waals surface area contributed by atoms with Crippen molar-refractivity contribution in [1.82, 2.24) is 0 Å². The van der Waals surface area contributed by atoms with Crippen molar-refractivity contribution >= 4 is 26.9 Å². The first-order valence-electron chi connectivity index (χ1n) is 14.4. The Kier molecular flexibility index (Phi) is 10.2. The van der Waals surface area contributed by atoms with Gasteiger partial charge in [0.25, 0.3) is 0 Å². The molecular formula is C33H52B2O2. The van der Waals surface area contributed by atoms with Crippen LogP contribution in [0.1, 0.15) is 114 Å². The van der Waals surface area contributed by atoms with Gasteiger partial charge in [0.15, 0.2) is 0 Å². The summed E-state index contributed by atoms with van der Waals surface area (Å²) < 4.78 is 6.47. The molecule has 0 aliphatic rings. The molecule has 0 saturated carbocycles. The van der Waals surface area contributed by atoms with Gasteiger partial charge in [0.05, 0.1) is 5.60 Å². The highest BCUT2D eigenvalue weighted by atomic mass is 16.5. The Morgan fingerprint density at radius 3 is 1.76 bits per heavy atom. The molecule has 4 heteroatoms. The van der Waals surface area contributed by atoms with Crippen LogP contribution in [0, 0.1) is 20.8 Å². The maximum atomic E-state index is 10.7. The molecular weight excluding hydrogens is 450 g/mol. The maximum absolute atomic E-state index is 10.7. The standard InChI is InChI=1S/C33H52B2O2/c1-12-32(36,13-2)19-18-26-16-17-27(20-23(26)5)33(14-3,15-4)28-21-24(6)29(25(7)22-28)35-37-31(10,11)30(8,9)34/h16-22,35-36H,12-15,34H2,1-11H3/b19-18+. The molecule has 0 heterocycles. The second-order valence-corrected chi connectivity index (χ2v) is 12.6. The van der Waals surface area contributed by atoms with Crippen molar-refractivity contribution in [1.29, 1.82) is 0 Å². The first kappa shape index (κ1) is 31.4. The molecule has 202 valence electrons. The molecule has 0 fully saturated rings. The van der Waals surface area contributed by atoms with E-state index in [1.165, 1.54) is 38.8 Å². The second kappa shape index (κ2) is 12.0. The van der Waals surface area contributed by atoms with Gasteiger partial charge in [-0.15, -0.1) is 0 Å². The van der Waals surface area contributed by atoms with E-state index in [2.05, 4.69) is 107 Å². The van der Waals surface area contributed by atoms with Crippen molar-refractivity contribution in [3.63, 3.8) is 0 Å². The van der Waals surface area contributed by atoms with Crippen LogP contribution in [0.3, 0.4) is 0 Å². The summed E-state index contributed by atoms with van der Waals surface area (Å²) in [5, 5.41) is 10.8. The summed E-state index contributed by atoms with van der Waals surface area (Å²) in [5.41, 5.74) is 8.11. The van der Waals surface area contributed by atoms with Crippen LogP contribution >= 0.6 is 0 Å². The van der Waals surface area contributed by atoms with Crippen LogP contribution < -0.4 is 5.46 Å². The van der Waals surface area contributed by atoms with Gasteiger partial charge in [-0.05, 0) is 93.3 Å². The average Bonchev–Trinajstić information content (AvgIpc) is 2.83. The van der Waals surface area contributed by atoms with E-state index in [1.807, 2.05) is 19.9 Å². The molecule has 0 unspecified atom stereocenters. The van der Waals surface area contributed by atoms with E-state index >= 15 is 0 Å². The SMILES string of the molecule is BC(C)(C)C(C)(C)OBc1c(C)cc(C(CC)(CC)c2ccc(/C=C/C(O)(CC)CC)c(C)c2)cc1C. The van der Waals surface area contributed by atoms with Gasteiger partial charge in [0, 0.05) is 11.0 Å². The normalized spacial score (nSPS) is 13.4. The lowest BCUT2D eigenvalue weighted by Gasteiger charge is -2.40. The van der Waals surface area contributed by atoms with Gasteiger partial charge >= 0.3 is 7.48 Å². The van der Waals surface area contributed by atoms with E-state index in [-0.39, 0.29) is 16.3 Å². The third-order valence-electron chi connectivity index (χ3n) is 9.46. The smallest absolute Gasteiger partial charge is 0.309 e. The zero-order chi connectivity index (χ0) is 28.2. The van der Waals surface area contributed by atoms with E-state index in [1.54, 1.807) is 0 Å². The number of hydrogen-bond donors (Lipinski definition) is 1. The third kappa shape index (κ3) is 6.82. The summed E-state index contributed by atoms with van der Waals surface area (Å²) in [7, 11) is 2.87. The lowest BCUT2D eigenvalue weighted by molar-refractivity contribution is 0.0766. The highest BCUT2D eigenvalue weighted by Crippen LogP contribution is 2.41. The van der Waals surface area contributed by atoms with Crippen LogP contribution in [0.5, 0.6) is 0 Å². The maximum Gasteiger partial charge on any atom is 0.309 e. The Balaban J connectivity index is 2.47. The molecule has 0 atom stereocenters. The summed E-state index contributed by atoms with van der Waals surface area (Å²) >= 11 is 0. The minimum Gasteiger partial charge on any atom is -0.430 e. The molecule has 0 spiro atoms. The quantitative estimate of drug-likeness (QED) is 0.321. The van der Waals surface area contributed by atoms with Gasteiger partial charge in [-0.2, -0.15) is 0 Å². The lowest BCUT2D eigenvalue weighted by atomic mass is 9.61. The van der Waals surface area contributed by atoms with Crippen LogP contribution in [0.2, 0.25) is 5.31 Å². The summed E-state index contributed by atoms with van der Waals surface area (Å²) in [4.78, 5) is 0. The van der Waals surface area contributed by atoms with Crippen LogP contribution in [-0.4, -0.2) is 31.6 Å². The van der Waals surface area contributed by atoms with Gasteiger partial charge < -0.3 is 9.76 Å². The topological polar surface area (TPSA) is 29.5 Å². The Hall–Kier alpha value is -1.77. The monoisotopic (exact) mass is 502 g/mol. The third-order valence-corrected chi connectivity index (χ3v) is 9.46. The number of aryl methyl sites for hydroxylation is 3. The summed E-state index contributed by atoms with van der Waals surface area (Å²) in [6.07, 6.45) is 7.58. The number of rotatable bonds is 12.